The number of hydroxylamine groups is 1. The standard InChI is InChI=1S/C21H28N4O6S/c1-15(16-7-4-3-5-8-16)23-21(27)22-14-6-9-19(20(26)24-28)25-32(29,30)18-12-10-17(31-2)11-13-18/h3-5,7-8,10-13,15,19,25,28H,6,9,14H2,1-2H3,(H,24,26)(H2,22,23,27)/t15-,19-/m1/s1. The number of sulfonamides is 1. The first-order valence-electron chi connectivity index (χ1n) is 9.96. The first-order chi connectivity index (χ1) is 15.3. The Kier molecular flexibility index (Phi) is 9.44. The highest BCUT2D eigenvalue weighted by atomic mass is 32.2. The van der Waals surface area contributed by atoms with Crippen molar-refractivity contribution in [1.82, 2.24) is 20.8 Å². The van der Waals surface area contributed by atoms with Crippen LogP contribution in [0.1, 0.15) is 31.4 Å². The monoisotopic (exact) mass is 464 g/mol. The molecule has 0 fully saturated rings. The van der Waals surface area contributed by atoms with Gasteiger partial charge in [0.05, 0.1) is 18.0 Å². The molecule has 0 spiro atoms. The number of nitrogens with one attached hydrogen (secondary N) is 4. The predicted molar refractivity (Wildman–Crippen MR) is 118 cm³/mol. The Morgan fingerprint density at radius 1 is 1.06 bits per heavy atom. The van der Waals surface area contributed by atoms with Crippen molar-refractivity contribution in [3.63, 3.8) is 0 Å². The predicted octanol–water partition coefficient (Wildman–Crippen LogP) is 1.69. The summed E-state index contributed by atoms with van der Waals surface area (Å²) in [5, 5.41) is 14.4. The van der Waals surface area contributed by atoms with E-state index in [1.807, 2.05) is 37.3 Å². The van der Waals surface area contributed by atoms with Crippen LogP contribution in [0.4, 0.5) is 4.79 Å². The third-order valence-electron chi connectivity index (χ3n) is 4.70. The van der Waals surface area contributed by atoms with Crippen LogP contribution in [0, 0.1) is 0 Å². The van der Waals surface area contributed by atoms with E-state index in [0.717, 1.165) is 5.56 Å². The highest BCUT2D eigenvalue weighted by molar-refractivity contribution is 7.89. The molecule has 0 radical (unpaired) electrons. The quantitative estimate of drug-likeness (QED) is 0.194. The molecule has 3 amide bonds. The van der Waals surface area contributed by atoms with E-state index in [2.05, 4.69) is 15.4 Å². The molecule has 0 heterocycles. The maximum absolute atomic E-state index is 12.6. The summed E-state index contributed by atoms with van der Waals surface area (Å²) in [6.45, 7) is 2.05. The fraction of sp³-hybridized carbons (Fsp3) is 0.333. The topological polar surface area (TPSA) is 146 Å². The van der Waals surface area contributed by atoms with Crippen LogP contribution in [0.15, 0.2) is 59.5 Å². The van der Waals surface area contributed by atoms with Crippen LogP contribution in [0.5, 0.6) is 5.75 Å². The van der Waals surface area contributed by atoms with Crippen molar-refractivity contribution in [3.05, 3.63) is 60.2 Å². The Balaban J connectivity index is 1.87. The minimum Gasteiger partial charge on any atom is -0.497 e. The third kappa shape index (κ3) is 7.52. The van der Waals surface area contributed by atoms with Crippen molar-refractivity contribution in [2.45, 2.75) is 36.7 Å². The number of amides is 3. The smallest absolute Gasteiger partial charge is 0.315 e. The molecule has 0 saturated heterocycles. The molecule has 0 aromatic heterocycles. The SMILES string of the molecule is COc1ccc(S(=O)(=O)N[C@H](CCCNC(=O)N[C@H](C)c2ccccc2)C(=O)NO)cc1. The first kappa shape index (κ1) is 25.1. The van der Waals surface area contributed by atoms with Crippen molar-refractivity contribution in [3.8, 4) is 5.75 Å². The Labute approximate surface area is 187 Å². The molecule has 0 aliphatic carbocycles. The summed E-state index contributed by atoms with van der Waals surface area (Å²) < 4.78 is 32.4. The lowest BCUT2D eigenvalue weighted by Crippen LogP contribution is -2.46. The molecule has 2 aromatic rings. The molecule has 2 rings (SSSR count). The van der Waals surface area contributed by atoms with Gasteiger partial charge in [-0.1, -0.05) is 30.3 Å². The van der Waals surface area contributed by atoms with Crippen LogP contribution < -0.4 is 25.6 Å². The van der Waals surface area contributed by atoms with Crippen molar-refractivity contribution in [2.75, 3.05) is 13.7 Å². The van der Waals surface area contributed by atoms with Gasteiger partial charge in [-0.2, -0.15) is 4.72 Å². The second-order valence-corrected chi connectivity index (χ2v) is 8.71. The fourth-order valence-electron chi connectivity index (χ4n) is 2.91. The van der Waals surface area contributed by atoms with Crippen LogP contribution >= 0.6 is 0 Å². The summed E-state index contributed by atoms with van der Waals surface area (Å²) in [6, 6.07) is 13.3. The van der Waals surface area contributed by atoms with Gasteiger partial charge >= 0.3 is 6.03 Å². The third-order valence-corrected chi connectivity index (χ3v) is 6.18. The highest BCUT2D eigenvalue weighted by Crippen LogP contribution is 2.16. The second kappa shape index (κ2) is 12.0. The number of rotatable bonds is 11. The Hall–Kier alpha value is -3.15. The van der Waals surface area contributed by atoms with E-state index in [-0.39, 0.29) is 36.4 Å². The molecular weight excluding hydrogens is 436 g/mol. The van der Waals surface area contributed by atoms with Crippen molar-refractivity contribution >= 4 is 22.0 Å². The lowest BCUT2D eigenvalue weighted by atomic mass is 10.1. The molecule has 10 nitrogen and oxygen atoms in total. The summed E-state index contributed by atoms with van der Waals surface area (Å²) in [5.74, 6) is -0.413. The molecule has 11 heteroatoms. The molecule has 0 aliphatic heterocycles. The van der Waals surface area contributed by atoms with E-state index in [9.17, 15) is 18.0 Å². The van der Waals surface area contributed by atoms with Crippen molar-refractivity contribution < 1.29 is 28.0 Å². The summed E-state index contributed by atoms with van der Waals surface area (Å²) in [5.41, 5.74) is 2.42. The largest absolute Gasteiger partial charge is 0.497 e. The van der Waals surface area contributed by atoms with Crippen LogP contribution in [-0.4, -0.2) is 45.3 Å². The molecule has 0 saturated carbocycles. The Morgan fingerprint density at radius 3 is 2.31 bits per heavy atom. The van der Waals surface area contributed by atoms with Crippen LogP contribution in [0.25, 0.3) is 0 Å². The lowest BCUT2D eigenvalue weighted by molar-refractivity contribution is -0.131. The average molecular weight is 465 g/mol. The molecule has 5 N–H and O–H groups in total. The van der Waals surface area contributed by atoms with E-state index in [0.29, 0.717) is 5.75 Å². The number of ether oxygens (including phenoxy) is 1. The summed E-state index contributed by atoms with van der Waals surface area (Å²) in [6.07, 6.45) is 0.340. The van der Waals surface area contributed by atoms with Gasteiger partial charge in [-0.15, -0.1) is 0 Å². The summed E-state index contributed by atoms with van der Waals surface area (Å²) in [7, 11) is -2.56. The van der Waals surface area contributed by atoms with E-state index in [4.69, 9.17) is 9.94 Å². The zero-order chi connectivity index (χ0) is 23.6. The minimum atomic E-state index is -4.02. The van der Waals surface area contributed by atoms with Crippen LogP contribution in [0.3, 0.4) is 0 Å². The molecule has 0 aliphatic rings. The van der Waals surface area contributed by atoms with Gasteiger partial charge in [0, 0.05) is 6.54 Å². The molecule has 2 aromatic carbocycles. The van der Waals surface area contributed by atoms with Crippen molar-refractivity contribution in [2.24, 2.45) is 0 Å². The number of hydrogen-bond acceptors (Lipinski definition) is 6. The van der Waals surface area contributed by atoms with E-state index >= 15 is 0 Å². The van der Waals surface area contributed by atoms with Gasteiger partial charge in [-0.3, -0.25) is 10.0 Å². The van der Waals surface area contributed by atoms with Gasteiger partial charge < -0.3 is 15.4 Å². The Bertz CT molecular complexity index is 983. The molecule has 174 valence electrons. The molecule has 32 heavy (non-hydrogen) atoms. The molecule has 0 unspecified atom stereocenters. The number of hydrogen-bond donors (Lipinski definition) is 5. The maximum Gasteiger partial charge on any atom is 0.315 e. The van der Waals surface area contributed by atoms with Gasteiger partial charge in [0.1, 0.15) is 11.8 Å². The zero-order valence-corrected chi connectivity index (χ0v) is 18.7. The van der Waals surface area contributed by atoms with Gasteiger partial charge in [-0.25, -0.2) is 18.7 Å². The van der Waals surface area contributed by atoms with Crippen LogP contribution in [0.2, 0.25) is 0 Å². The second-order valence-electron chi connectivity index (χ2n) is 7.00. The molecular formula is C21H28N4O6S. The van der Waals surface area contributed by atoms with Gasteiger partial charge in [0.25, 0.3) is 5.91 Å². The van der Waals surface area contributed by atoms with E-state index in [1.165, 1.54) is 36.9 Å². The normalized spacial score (nSPS) is 13.0. The van der Waals surface area contributed by atoms with E-state index in [1.54, 1.807) is 0 Å². The van der Waals surface area contributed by atoms with Crippen molar-refractivity contribution in [1.29, 1.82) is 0 Å². The van der Waals surface area contributed by atoms with Gasteiger partial charge in [-0.05, 0) is 49.6 Å². The fourth-order valence-corrected chi connectivity index (χ4v) is 4.14. The number of urea groups is 1. The minimum absolute atomic E-state index is 0.0519. The first-order valence-corrected chi connectivity index (χ1v) is 11.4. The van der Waals surface area contributed by atoms with Gasteiger partial charge in [0.15, 0.2) is 0 Å². The summed E-state index contributed by atoms with van der Waals surface area (Å²) >= 11 is 0. The number of carbonyl (C=O) groups is 2. The zero-order valence-electron chi connectivity index (χ0n) is 17.9. The Morgan fingerprint density at radius 2 is 1.72 bits per heavy atom. The number of carbonyl (C=O) groups excluding carboxylic acids is 2. The average Bonchev–Trinajstić information content (AvgIpc) is 2.81. The summed E-state index contributed by atoms with van der Waals surface area (Å²) in [4.78, 5) is 24.0. The molecule has 2 atom stereocenters. The van der Waals surface area contributed by atoms with E-state index < -0.39 is 22.0 Å². The number of benzene rings is 2. The van der Waals surface area contributed by atoms with Gasteiger partial charge in [0.2, 0.25) is 10.0 Å². The highest BCUT2D eigenvalue weighted by Gasteiger charge is 2.25. The molecule has 0 bridgehead atoms. The maximum atomic E-state index is 12.6. The number of methoxy groups -OCH3 is 1. The van der Waals surface area contributed by atoms with Crippen LogP contribution in [-0.2, 0) is 14.8 Å². The lowest BCUT2D eigenvalue weighted by Gasteiger charge is -2.18.